The molecule has 5 heteroatoms. The van der Waals surface area contributed by atoms with Gasteiger partial charge < -0.3 is 10.2 Å². The lowest BCUT2D eigenvalue weighted by Crippen LogP contribution is -2.45. The van der Waals surface area contributed by atoms with Crippen molar-refractivity contribution < 1.29 is 9.59 Å². The Morgan fingerprint density at radius 1 is 1.00 bits per heavy atom. The summed E-state index contributed by atoms with van der Waals surface area (Å²) in [6.07, 6.45) is 5.00. The molecule has 2 heterocycles. The topological polar surface area (TPSA) is 62.3 Å². The summed E-state index contributed by atoms with van der Waals surface area (Å²) in [4.78, 5) is 32.1. The zero-order valence-electron chi connectivity index (χ0n) is 18.5. The van der Waals surface area contributed by atoms with E-state index in [1.165, 1.54) is 0 Å². The molecule has 32 heavy (non-hydrogen) atoms. The van der Waals surface area contributed by atoms with Crippen LogP contribution < -0.4 is 5.32 Å². The van der Waals surface area contributed by atoms with Gasteiger partial charge in [0.2, 0.25) is 11.8 Å². The maximum Gasteiger partial charge on any atom is 0.228 e. The van der Waals surface area contributed by atoms with E-state index < -0.39 is 5.41 Å². The standard InChI is InChI=1S/C27H29N3O2/c1-2-29-26(32)27(13-15-30(20-27)25(31)17-22-9-7-14-28-19-22)18-21-8-6-12-24(16-21)23-10-4-3-5-11-23/h3-12,14,16,19H,2,13,15,17-18,20H2,1H3,(H,29,32). The molecule has 2 aromatic carbocycles. The number of nitrogens with one attached hydrogen (secondary N) is 1. The predicted octanol–water partition coefficient (Wildman–Crippen LogP) is 3.89. The van der Waals surface area contributed by atoms with Crippen molar-refractivity contribution in [1.82, 2.24) is 15.2 Å². The van der Waals surface area contributed by atoms with Crippen molar-refractivity contribution in [3.8, 4) is 11.1 Å². The maximum atomic E-state index is 13.2. The van der Waals surface area contributed by atoms with Crippen LogP contribution in [0.5, 0.6) is 0 Å². The number of amides is 2. The number of nitrogens with zero attached hydrogens (tertiary/aromatic N) is 2. The Morgan fingerprint density at radius 2 is 1.78 bits per heavy atom. The fourth-order valence-electron chi connectivity index (χ4n) is 4.51. The van der Waals surface area contributed by atoms with Gasteiger partial charge in [0.1, 0.15) is 0 Å². The summed E-state index contributed by atoms with van der Waals surface area (Å²) in [6, 6.07) is 22.4. The van der Waals surface area contributed by atoms with E-state index in [0.717, 1.165) is 22.3 Å². The van der Waals surface area contributed by atoms with Gasteiger partial charge in [-0.2, -0.15) is 0 Å². The molecule has 1 aromatic heterocycles. The number of benzene rings is 2. The van der Waals surface area contributed by atoms with Crippen LogP contribution in [0.3, 0.4) is 0 Å². The molecule has 4 rings (SSSR count). The number of carbonyl (C=O) groups excluding carboxylic acids is 2. The molecule has 0 saturated carbocycles. The van der Waals surface area contributed by atoms with E-state index in [0.29, 0.717) is 38.9 Å². The third-order valence-electron chi connectivity index (χ3n) is 6.18. The summed E-state index contributed by atoms with van der Waals surface area (Å²) < 4.78 is 0. The molecule has 0 spiro atoms. The molecule has 0 aliphatic carbocycles. The normalized spacial score (nSPS) is 17.8. The zero-order chi connectivity index (χ0) is 22.4. The first-order valence-electron chi connectivity index (χ1n) is 11.2. The summed E-state index contributed by atoms with van der Waals surface area (Å²) in [5.41, 5.74) is 3.68. The highest BCUT2D eigenvalue weighted by atomic mass is 16.2. The fraction of sp³-hybridized carbons (Fsp3) is 0.296. The highest BCUT2D eigenvalue weighted by molar-refractivity contribution is 5.86. The third-order valence-corrected chi connectivity index (χ3v) is 6.18. The second-order valence-electron chi connectivity index (χ2n) is 8.49. The highest BCUT2D eigenvalue weighted by Gasteiger charge is 2.45. The van der Waals surface area contributed by atoms with Crippen LogP contribution >= 0.6 is 0 Å². The quantitative estimate of drug-likeness (QED) is 0.622. The minimum atomic E-state index is -0.615. The second-order valence-corrected chi connectivity index (χ2v) is 8.49. The Kier molecular flexibility index (Phi) is 6.64. The molecule has 1 fully saturated rings. The van der Waals surface area contributed by atoms with Crippen LogP contribution in [0.25, 0.3) is 11.1 Å². The van der Waals surface area contributed by atoms with Gasteiger partial charge >= 0.3 is 0 Å². The predicted molar refractivity (Wildman–Crippen MR) is 126 cm³/mol. The van der Waals surface area contributed by atoms with E-state index in [4.69, 9.17) is 0 Å². The van der Waals surface area contributed by atoms with Crippen LogP contribution in [-0.4, -0.2) is 41.3 Å². The minimum Gasteiger partial charge on any atom is -0.356 e. The van der Waals surface area contributed by atoms with Gasteiger partial charge in [0.15, 0.2) is 0 Å². The summed E-state index contributed by atoms with van der Waals surface area (Å²) in [5.74, 6) is 0.0731. The van der Waals surface area contributed by atoms with Crippen molar-refractivity contribution in [2.45, 2.75) is 26.2 Å². The molecule has 0 radical (unpaired) electrons. The molecular formula is C27H29N3O2. The lowest BCUT2D eigenvalue weighted by molar-refractivity contribution is -0.132. The van der Waals surface area contributed by atoms with Crippen LogP contribution in [0.1, 0.15) is 24.5 Å². The van der Waals surface area contributed by atoms with Gasteiger partial charge in [-0.1, -0.05) is 60.7 Å². The largest absolute Gasteiger partial charge is 0.356 e. The van der Waals surface area contributed by atoms with Crippen LogP contribution in [0.4, 0.5) is 0 Å². The van der Waals surface area contributed by atoms with Crippen molar-refractivity contribution >= 4 is 11.8 Å². The summed E-state index contributed by atoms with van der Waals surface area (Å²) in [5, 5.41) is 3.02. The van der Waals surface area contributed by atoms with Gasteiger partial charge in [-0.15, -0.1) is 0 Å². The zero-order valence-corrected chi connectivity index (χ0v) is 18.5. The Bertz CT molecular complexity index is 1070. The Labute approximate surface area is 189 Å². The van der Waals surface area contributed by atoms with Gasteiger partial charge in [-0.05, 0) is 48.1 Å². The lowest BCUT2D eigenvalue weighted by atomic mass is 9.79. The molecule has 1 aliphatic heterocycles. The molecule has 1 saturated heterocycles. The number of carbonyl (C=O) groups is 2. The molecule has 1 atom stereocenters. The number of hydrogen-bond acceptors (Lipinski definition) is 3. The average Bonchev–Trinajstić information content (AvgIpc) is 3.26. The molecule has 1 unspecified atom stereocenters. The summed E-state index contributed by atoms with van der Waals surface area (Å²) in [6.45, 7) is 3.54. The lowest BCUT2D eigenvalue weighted by Gasteiger charge is -2.28. The fourth-order valence-corrected chi connectivity index (χ4v) is 4.51. The Hall–Kier alpha value is -3.47. The number of aromatic nitrogens is 1. The van der Waals surface area contributed by atoms with Crippen LogP contribution in [0.15, 0.2) is 79.1 Å². The summed E-state index contributed by atoms with van der Waals surface area (Å²) >= 11 is 0. The number of hydrogen-bond donors (Lipinski definition) is 1. The first-order chi connectivity index (χ1) is 15.6. The van der Waals surface area contributed by atoms with E-state index in [1.54, 1.807) is 12.4 Å². The van der Waals surface area contributed by atoms with Crippen molar-refractivity contribution in [3.05, 3.63) is 90.3 Å². The molecule has 1 aliphatic rings. The van der Waals surface area contributed by atoms with Gasteiger partial charge in [-0.3, -0.25) is 14.6 Å². The molecule has 3 aromatic rings. The van der Waals surface area contributed by atoms with Gasteiger partial charge in [0, 0.05) is 32.0 Å². The van der Waals surface area contributed by atoms with Crippen molar-refractivity contribution in [3.63, 3.8) is 0 Å². The second kappa shape index (κ2) is 9.77. The smallest absolute Gasteiger partial charge is 0.228 e. The number of likely N-dealkylation sites (tertiary alicyclic amines) is 1. The molecular weight excluding hydrogens is 398 g/mol. The van der Waals surface area contributed by atoms with Gasteiger partial charge in [0.05, 0.1) is 11.8 Å². The molecule has 2 amide bonds. The van der Waals surface area contributed by atoms with Crippen LogP contribution in [0.2, 0.25) is 0 Å². The Morgan fingerprint density at radius 3 is 2.53 bits per heavy atom. The maximum absolute atomic E-state index is 13.2. The summed E-state index contributed by atoms with van der Waals surface area (Å²) in [7, 11) is 0. The first-order valence-corrected chi connectivity index (χ1v) is 11.2. The minimum absolute atomic E-state index is 0.0294. The average molecular weight is 428 g/mol. The molecule has 5 nitrogen and oxygen atoms in total. The SMILES string of the molecule is CCNC(=O)C1(Cc2cccc(-c3ccccc3)c2)CCN(C(=O)Cc2cccnc2)C1. The number of rotatable bonds is 7. The molecule has 164 valence electrons. The van der Waals surface area contributed by atoms with E-state index in [2.05, 4.69) is 40.6 Å². The molecule has 1 N–H and O–H groups in total. The van der Waals surface area contributed by atoms with Crippen LogP contribution in [-0.2, 0) is 22.4 Å². The van der Waals surface area contributed by atoms with E-state index >= 15 is 0 Å². The van der Waals surface area contributed by atoms with Crippen molar-refractivity contribution in [2.75, 3.05) is 19.6 Å². The van der Waals surface area contributed by atoms with Gasteiger partial charge in [-0.25, -0.2) is 0 Å². The van der Waals surface area contributed by atoms with E-state index in [9.17, 15) is 9.59 Å². The highest BCUT2D eigenvalue weighted by Crippen LogP contribution is 2.36. The van der Waals surface area contributed by atoms with E-state index in [-0.39, 0.29) is 11.8 Å². The molecule has 0 bridgehead atoms. The number of pyridine rings is 1. The van der Waals surface area contributed by atoms with Crippen molar-refractivity contribution in [1.29, 1.82) is 0 Å². The third kappa shape index (κ3) is 4.88. The van der Waals surface area contributed by atoms with Gasteiger partial charge in [0.25, 0.3) is 0 Å². The van der Waals surface area contributed by atoms with Crippen LogP contribution in [0, 0.1) is 5.41 Å². The first kappa shape index (κ1) is 21.8. The van der Waals surface area contributed by atoms with Crippen molar-refractivity contribution in [2.24, 2.45) is 5.41 Å². The van der Waals surface area contributed by atoms with E-state index in [1.807, 2.05) is 48.2 Å². The Balaban J connectivity index is 1.54. The monoisotopic (exact) mass is 427 g/mol.